The third-order valence-corrected chi connectivity index (χ3v) is 12.3. The van der Waals surface area contributed by atoms with Gasteiger partial charge >= 0.3 is 0 Å². The Morgan fingerprint density at radius 1 is 0.538 bits per heavy atom. The number of nitrogens with one attached hydrogen (secondary N) is 2. The molecule has 0 radical (unpaired) electrons. The zero-order chi connectivity index (χ0) is 38.5. The van der Waals surface area contributed by atoms with Crippen LogP contribution in [-0.2, 0) is 39.9 Å². The van der Waals surface area contributed by atoms with Crippen LogP contribution in [0.15, 0.2) is 130 Å². The standard InChI is InChI=1S/C34H30N2O12S4/c1-3-19-49(39,40)29-15-9-25(10-16-29)33(37)35-27-13-7-23(31(21-27)51(43,44)45)5-6-24-8-14-28(22-32(24)52(46,47)48)36-34(38)26-11-17-30(18-12-26)50(41,42)20-4-2/h3-18,21-22H,1-2,19-20H2,(H,35,37)(H,36,38)(H,43,44,45)(H,46,47,48)/b6-5+. The summed E-state index contributed by atoms with van der Waals surface area (Å²) < 4.78 is 118. The molecule has 0 aliphatic heterocycles. The van der Waals surface area contributed by atoms with Crippen LogP contribution in [0.4, 0.5) is 11.4 Å². The molecule has 272 valence electrons. The van der Waals surface area contributed by atoms with Crippen molar-refractivity contribution in [3.8, 4) is 0 Å². The number of carbonyl (C=O) groups excluding carboxylic acids is 2. The molecule has 4 rings (SSSR count). The third-order valence-electron chi connectivity index (χ3n) is 7.17. The quantitative estimate of drug-likeness (QED) is 0.0769. The SMILES string of the molecule is C=CCS(=O)(=O)c1ccc(C(=O)Nc2ccc(/C=C/c3ccc(NC(=O)c4ccc(S(=O)(=O)CC=C)cc4)cc3S(=O)(=O)O)c(S(=O)(=O)O)c2)cc1. The largest absolute Gasteiger partial charge is 0.322 e. The second-order valence-corrected chi connectivity index (χ2v) is 17.7. The highest BCUT2D eigenvalue weighted by atomic mass is 32.2. The third kappa shape index (κ3) is 9.75. The van der Waals surface area contributed by atoms with E-state index in [9.17, 15) is 52.4 Å². The van der Waals surface area contributed by atoms with Gasteiger partial charge in [0.25, 0.3) is 32.1 Å². The van der Waals surface area contributed by atoms with E-state index in [1.165, 1.54) is 84.9 Å². The average molecular weight is 787 g/mol. The lowest BCUT2D eigenvalue weighted by atomic mass is 10.1. The fraction of sp³-hybridized carbons (Fsp3) is 0.0588. The van der Waals surface area contributed by atoms with Gasteiger partial charge in [0.15, 0.2) is 19.7 Å². The summed E-state index contributed by atoms with van der Waals surface area (Å²) in [6.07, 6.45) is 4.70. The van der Waals surface area contributed by atoms with Gasteiger partial charge in [-0.3, -0.25) is 18.7 Å². The van der Waals surface area contributed by atoms with E-state index in [1.807, 2.05) is 0 Å². The van der Waals surface area contributed by atoms with Crippen molar-refractivity contribution in [2.45, 2.75) is 19.6 Å². The second kappa shape index (κ2) is 15.6. The van der Waals surface area contributed by atoms with E-state index in [0.29, 0.717) is 0 Å². The van der Waals surface area contributed by atoms with Crippen molar-refractivity contribution in [1.29, 1.82) is 0 Å². The lowest BCUT2D eigenvalue weighted by Gasteiger charge is -2.11. The number of rotatable bonds is 14. The van der Waals surface area contributed by atoms with Crippen LogP contribution in [0.1, 0.15) is 31.8 Å². The molecule has 4 N–H and O–H groups in total. The normalized spacial score (nSPS) is 12.3. The van der Waals surface area contributed by atoms with Crippen LogP contribution in [0, 0.1) is 0 Å². The summed E-state index contributed by atoms with van der Waals surface area (Å²) in [6.45, 7) is 6.79. The minimum Gasteiger partial charge on any atom is -0.322 e. The Balaban J connectivity index is 1.58. The average Bonchev–Trinajstić information content (AvgIpc) is 3.07. The van der Waals surface area contributed by atoms with Gasteiger partial charge in [-0.05, 0) is 83.9 Å². The molecule has 0 unspecified atom stereocenters. The van der Waals surface area contributed by atoms with E-state index < -0.39 is 61.5 Å². The van der Waals surface area contributed by atoms with Gasteiger partial charge in [-0.1, -0.05) is 36.4 Å². The highest BCUT2D eigenvalue weighted by Crippen LogP contribution is 2.27. The molecule has 0 fully saturated rings. The minimum absolute atomic E-state index is 0.0348. The first-order valence-electron chi connectivity index (χ1n) is 14.7. The van der Waals surface area contributed by atoms with Crippen molar-refractivity contribution in [3.63, 3.8) is 0 Å². The summed E-state index contributed by atoms with van der Waals surface area (Å²) in [5, 5.41) is 4.90. The molecule has 2 amide bonds. The first-order valence-corrected chi connectivity index (χ1v) is 20.8. The number of amides is 2. The molecule has 18 heteroatoms. The first kappa shape index (κ1) is 39.5. The van der Waals surface area contributed by atoms with Crippen LogP contribution in [0.3, 0.4) is 0 Å². The van der Waals surface area contributed by atoms with Gasteiger partial charge < -0.3 is 10.6 Å². The Labute approximate surface area is 300 Å². The van der Waals surface area contributed by atoms with Crippen molar-refractivity contribution in [3.05, 3.63) is 132 Å². The maximum Gasteiger partial charge on any atom is 0.295 e. The van der Waals surface area contributed by atoms with Gasteiger partial charge in [0.05, 0.1) is 21.3 Å². The second-order valence-electron chi connectivity index (χ2n) is 10.9. The molecular weight excluding hydrogens is 757 g/mol. The molecule has 0 saturated heterocycles. The Hall–Kier alpha value is -5.24. The number of hydrogen-bond donors (Lipinski definition) is 4. The summed E-state index contributed by atoms with van der Waals surface area (Å²) in [5.41, 5.74) is -0.335. The van der Waals surface area contributed by atoms with Gasteiger partial charge in [-0.15, -0.1) is 13.2 Å². The fourth-order valence-electron chi connectivity index (χ4n) is 4.66. The topological polar surface area (TPSA) is 235 Å². The van der Waals surface area contributed by atoms with Crippen molar-refractivity contribution >= 4 is 75.3 Å². The Morgan fingerprint density at radius 3 is 1.15 bits per heavy atom. The number of sulfone groups is 2. The van der Waals surface area contributed by atoms with Gasteiger partial charge in [0.2, 0.25) is 0 Å². The summed E-state index contributed by atoms with van der Waals surface area (Å²) in [7, 11) is -17.1. The predicted molar refractivity (Wildman–Crippen MR) is 195 cm³/mol. The van der Waals surface area contributed by atoms with Gasteiger partial charge in [0, 0.05) is 22.5 Å². The zero-order valence-corrected chi connectivity index (χ0v) is 30.1. The number of hydrogen-bond acceptors (Lipinski definition) is 10. The maximum absolute atomic E-state index is 12.8. The lowest BCUT2D eigenvalue weighted by Crippen LogP contribution is -2.13. The highest BCUT2D eigenvalue weighted by Gasteiger charge is 2.20. The van der Waals surface area contributed by atoms with Crippen molar-refractivity contribution in [1.82, 2.24) is 0 Å². The van der Waals surface area contributed by atoms with E-state index in [4.69, 9.17) is 0 Å². The zero-order valence-electron chi connectivity index (χ0n) is 26.8. The van der Waals surface area contributed by atoms with Crippen LogP contribution >= 0.6 is 0 Å². The van der Waals surface area contributed by atoms with E-state index in [-0.39, 0.29) is 54.9 Å². The van der Waals surface area contributed by atoms with E-state index in [0.717, 1.165) is 24.3 Å². The fourth-order valence-corrected chi connectivity index (χ4v) is 8.19. The summed E-state index contributed by atoms with van der Waals surface area (Å²) in [5.74, 6) is -2.06. The maximum atomic E-state index is 12.8. The smallest absolute Gasteiger partial charge is 0.295 e. The number of anilines is 2. The minimum atomic E-state index is -4.92. The molecule has 52 heavy (non-hydrogen) atoms. The van der Waals surface area contributed by atoms with Crippen molar-refractivity contribution < 1.29 is 52.4 Å². The number of benzene rings is 4. The van der Waals surface area contributed by atoms with Gasteiger partial charge in [0.1, 0.15) is 9.79 Å². The van der Waals surface area contributed by atoms with Crippen LogP contribution in [0.2, 0.25) is 0 Å². The summed E-state index contributed by atoms with van der Waals surface area (Å²) in [6, 6.07) is 16.8. The molecule has 0 bridgehead atoms. The van der Waals surface area contributed by atoms with E-state index in [2.05, 4.69) is 23.8 Å². The molecule has 4 aromatic carbocycles. The Kier molecular flexibility index (Phi) is 11.8. The molecule has 0 aromatic heterocycles. The molecule has 0 aliphatic carbocycles. The predicted octanol–water partition coefficient (Wildman–Crippen LogP) is 4.77. The first-order chi connectivity index (χ1) is 24.2. The molecule has 0 heterocycles. The lowest BCUT2D eigenvalue weighted by molar-refractivity contribution is 0.101. The Bertz CT molecular complexity index is 2370. The number of carbonyl (C=O) groups is 2. The van der Waals surface area contributed by atoms with Crippen LogP contribution in [-0.4, -0.2) is 66.1 Å². The van der Waals surface area contributed by atoms with Gasteiger partial charge in [-0.25, -0.2) is 16.8 Å². The van der Waals surface area contributed by atoms with Crippen LogP contribution in [0.25, 0.3) is 12.2 Å². The molecule has 14 nitrogen and oxygen atoms in total. The molecule has 0 aliphatic rings. The van der Waals surface area contributed by atoms with E-state index in [1.54, 1.807) is 0 Å². The van der Waals surface area contributed by atoms with Gasteiger partial charge in [-0.2, -0.15) is 16.8 Å². The molecule has 0 saturated carbocycles. The van der Waals surface area contributed by atoms with Crippen LogP contribution < -0.4 is 10.6 Å². The van der Waals surface area contributed by atoms with Crippen molar-refractivity contribution in [2.24, 2.45) is 0 Å². The monoisotopic (exact) mass is 786 g/mol. The van der Waals surface area contributed by atoms with Crippen molar-refractivity contribution in [2.75, 3.05) is 22.1 Å². The summed E-state index contributed by atoms with van der Waals surface area (Å²) in [4.78, 5) is 24.2. The highest BCUT2D eigenvalue weighted by molar-refractivity contribution is 7.91. The van der Waals surface area contributed by atoms with E-state index >= 15 is 0 Å². The molecule has 0 atom stereocenters. The molecule has 4 aromatic rings. The molecular formula is C34H30N2O12S4. The molecule has 0 spiro atoms. The Morgan fingerprint density at radius 2 is 0.865 bits per heavy atom. The van der Waals surface area contributed by atoms with Crippen LogP contribution in [0.5, 0.6) is 0 Å². The summed E-state index contributed by atoms with van der Waals surface area (Å²) >= 11 is 0.